The van der Waals surface area contributed by atoms with Gasteiger partial charge in [-0.2, -0.15) is 0 Å². The number of benzene rings is 2. The Balaban J connectivity index is 1.70. The zero-order chi connectivity index (χ0) is 21.7. The van der Waals surface area contributed by atoms with Crippen LogP contribution in [-0.4, -0.2) is 23.7 Å². The van der Waals surface area contributed by atoms with Crippen LogP contribution in [0.25, 0.3) is 11.1 Å². The summed E-state index contributed by atoms with van der Waals surface area (Å²) in [6, 6.07) is 17.0. The van der Waals surface area contributed by atoms with Crippen LogP contribution in [0, 0.1) is 6.92 Å². The summed E-state index contributed by atoms with van der Waals surface area (Å²) >= 11 is 6.49. The van der Waals surface area contributed by atoms with Crippen molar-refractivity contribution in [3.05, 3.63) is 82.6 Å². The van der Waals surface area contributed by atoms with Crippen molar-refractivity contribution in [2.24, 2.45) is 0 Å². The number of ketones is 1. The molecule has 154 valence electrons. The molecule has 4 nitrogen and oxygen atoms in total. The highest BCUT2D eigenvalue weighted by molar-refractivity contribution is 6.33. The number of aryl methyl sites for hydroxylation is 2. The zero-order valence-electron chi connectivity index (χ0n) is 17.5. The van der Waals surface area contributed by atoms with Gasteiger partial charge in [0.25, 0.3) is 0 Å². The summed E-state index contributed by atoms with van der Waals surface area (Å²) in [5.74, 6) is 0.115. The smallest absolute Gasteiger partial charge is 0.226 e. The molecule has 30 heavy (non-hydrogen) atoms. The molecule has 5 heteroatoms. The quantitative estimate of drug-likeness (QED) is 0.447. The van der Waals surface area contributed by atoms with Gasteiger partial charge in [0.15, 0.2) is 5.78 Å². The van der Waals surface area contributed by atoms with Gasteiger partial charge in [0.2, 0.25) is 5.91 Å². The van der Waals surface area contributed by atoms with Gasteiger partial charge < -0.3 is 4.90 Å². The molecule has 0 aliphatic rings. The highest BCUT2D eigenvalue weighted by atomic mass is 35.5. The van der Waals surface area contributed by atoms with Crippen LogP contribution >= 0.6 is 11.6 Å². The Morgan fingerprint density at radius 1 is 1.03 bits per heavy atom. The fourth-order valence-corrected chi connectivity index (χ4v) is 3.51. The molecule has 0 spiro atoms. The maximum absolute atomic E-state index is 12.6. The summed E-state index contributed by atoms with van der Waals surface area (Å²) in [6.07, 6.45) is 3.33. The minimum Gasteiger partial charge on any atom is -0.316 e. The predicted molar refractivity (Wildman–Crippen MR) is 122 cm³/mol. The lowest BCUT2D eigenvalue weighted by Crippen LogP contribution is -2.24. The summed E-state index contributed by atoms with van der Waals surface area (Å²) in [5, 5.41) is 0.531. The van der Waals surface area contributed by atoms with Crippen LogP contribution in [0.15, 0.2) is 60.8 Å². The topological polar surface area (TPSA) is 50.3 Å². The minimum atomic E-state index is 0.0547. The average molecular weight is 421 g/mol. The number of halogens is 1. The lowest BCUT2D eigenvalue weighted by Gasteiger charge is -2.17. The van der Waals surface area contributed by atoms with Crippen molar-refractivity contribution in [3.8, 4) is 11.1 Å². The fraction of sp³-hybridized carbons (Fsp3) is 0.240. The molecule has 0 atom stereocenters. The molecule has 2 aromatic carbocycles. The van der Waals surface area contributed by atoms with Gasteiger partial charge in [-0.1, -0.05) is 48.9 Å². The van der Waals surface area contributed by atoms with E-state index in [-0.39, 0.29) is 11.7 Å². The van der Waals surface area contributed by atoms with E-state index in [0.29, 0.717) is 29.8 Å². The Morgan fingerprint density at radius 2 is 1.77 bits per heavy atom. The van der Waals surface area contributed by atoms with E-state index in [9.17, 15) is 9.59 Å². The molecule has 0 N–H and O–H groups in total. The summed E-state index contributed by atoms with van der Waals surface area (Å²) in [5.41, 5.74) is 5.23. The summed E-state index contributed by atoms with van der Waals surface area (Å²) in [4.78, 5) is 30.3. The summed E-state index contributed by atoms with van der Waals surface area (Å²) in [6.45, 7) is 3.78. The van der Waals surface area contributed by atoms with Gasteiger partial charge in [-0.3, -0.25) is 14.6 Å². The zero-order valence-corrected chi connectivity index (χ0v) is 18.2. The molecule has 0 fully saturated rings. The minimum absolute atomic E-state index is 0.0547. The predicted octanol–water partition coefficient (Wildman–Crippen LogP) is 5.90. The van der Waals surface area contributed by atoms with Crippen LogP contribution in [0.1, 0.15) is 41.4 Å². The van der Waals surface area contributed by atoms with Gasteiger partial charge >= 0.3 is 0 Å². The second-order valence-electron chi connectivity index (χ2n) is 7.28. The number of anilines is 1. The van der Waals surface area contributed by atoms with Gasteiger partial charge in [-0.25, -0.2) is 0 Å². The van der Waals surface area contributed by atoms with Gasteiger partial charge in [0.05, 0.1) is 0 Å². The largest absolute Gasteiger partial charge is 0.316 e. The molecule has 0 aliphatic carbocycles. The van der Waals surface area contributed by atoms with E-state index >= 15 is 0 Å². The first-order chi connectivity index (χ1) is 14.4. The number of hydrogen-bond acceptors (Lipinski definition) is 3. The van der Waals surface area contributed by atoms with Crippen LogP contribution in [0.4, 0.5) is 5.69 Å². The highest BCUT2D eigenvalue weighted by Gasteiger charge is 2.12. The molecule has 1 aromatic heterocycles. The van der Waals surface area contributed by atoms with E-state index in [4.69, 9.17) is 11.6 Å². The first kappa shape index (κ1) is 21.7. The number of nitrogens with zero attached hydrogens (tertiary/aromatic N) is 2. The van der Waals surface area contributed by atoms with E-state index in [1.54, 1.807) is 18.0 Å². The molecule has 1 heterocycles. The van der Waals surface area contributed by atoms with Crippen molar-refractivity contribution in [1.82, 2.24) is 4.98 Å². The maximum atomic E-state index is 12.6. The van der Waals surface area contributed by atoms with Gasteiger partial charge in [-0.05, 0) is 48.7 Å². The SMILES string of the molecule is CCC(=O)N(C)c1ccc(-c2ccc(C(=O)CCc3ccc(C)nc3)cc2Cl)cc1. The van der Waals surface area contributed by atoms with Crippen molar-refractivity contribution >= 4 is 29.0 Å². The number of carbonyl (C=O) groups is 2. The Bertz CT molecular complexity index is 1040. The van der Waals surface area contributed by atoms with Crippen LogP contribution in [0.3, 0.4) is 0 Å². The Kier molecular flexibility index (Phi) is 7.01. The Hall–Kier alpha value is -2.98. The van der Waals surface area contributed by atoms with E-state index in [2.05, 4.69) is 4.98 Å². The van der Waals surface area contributed by atoms with E-state index < -0.39 is 0 Å². The molecular formula is C25H25ClN2O2. The van der Waals surface area contributed by atoms with Crippen molar-refractivity contribution < 1.29 is 9.59 Å². The second kappa shape index (κ2) is 9.68. The molecule has 0 radical (unpaired) electrons. The lowest BCUT2D eigenvalue weighted by atomic mass is 9.99. The van der Waals surface area contributed by atoms with Gasteiger partial charge in [0, 0.05) is 53.6 Å². The number of pyridine rings is 1. The van der Waals surface area contributed by atoms with Crippen molar-refractivity contribution in [2.45, 2.75) is 33.1 Å². The summed E-state index contributed by atoms with van der Waals surface area (Å²) < 4.78 is 0. The van der Waals surface area contributed by atoms with Gasteiger partial charge in [-0.15, -0.1) is 0 Å². The maximum Gasteiger partial charge on any atom is 0.226 e. The lowest BCUT2D eigenvalue weighted by molar-refractivity contribution is -0.118. The monoisotopic (exact) mass is 420 g/mol. The Labute approximate surface area is 182 Å². The third kappa shape index (κ3) is 5.14. The molecule has 0 saturated carbocycles. The normalized spacial score (nSPS) is 10.7. The molecular weight excluding hydrogens is 396 g/mol. The van der Waals surface area contributed by atoms with E-state index in [0.717, 1.165) is 28.1 Å². The molecule has 1 amide bonds. The van der Waals surface area contributed by atoms with Gasteiger partial charge in [0.1, 0.15) is 0 Å². The Morgan fingerprint density at radius 3 is 2.37 bits per heavy atom. The highest BCUT2D eigenvalue weighted by Crippen LogP contribution is 2.30. The number of carbonyl (C=O) groups excluding carboxylic acids is 2. The molecule has 0 unspecified atom stereocenters. The average Bonchev–Trinajstić information content (AvgIpc) is 2.77. The van der Waals surface area contributed by atoms with Crippen LogP contribution in [0.2, 0.25) is 5.02 Å². The number of aromatic nitrogens is 1. The summed E-state index contributed by atoms with van der Waals surface area (Å²) in [7, 11) is 1.76. The molecule has 3 aromatic rings. The molecule has 0 saturated heterocycles. The molecule has 0 aliphatic heterocycles. The van der Waals surface area contributed by atoms with Crippen LogP contribution in [0.5, 0.6) is 0 Å². The van der Waals surface area contributed by atoms with Crippen molar-refractivity contribution in [2.75, 3.05) is 11.9 Å². The first-order valence-electron chi connectivity index (χ1n) is 10.00. The van der Waals surface area contributed by atoms with Crippen LogP contribution < -0.4 is 4.90 Å². The number of rotatable bonds is 7. The van der Waals surface area contributed by atoms with Crippen molar-refractivity contribution in [1.29, 1.82) is 0 Å². The third-order valence-corrected chi connectivity index (χ3v) is 5.46. The number of hydrogen-bond donors (Lipinski definition) is 0. The third-order valence-electron chi connectivity index (χ3n) is 5.15. The van der Waals surface area contributed by atoms with Crippen molar-refractivity contribution in [3.63, 3.8) is 0 Å². The van der Waals surface area contributed by atoms with E-state index in [1.165, 1.54) is 0 Å². The first-order valence-corrected chi connectivity index (χ1v) is 10.4. The number of amides is 1. The molecule has 3 rings (SSSR count). The van der Waals surface area contributed by atoms with Crippen LogP contribution in [-0.2, 0) is 11.2 Å². The standard InChI is InChI=1S/C25H25ClN2O2/c1-4-25(30)28(3)21-11-8-19(9-12-21)22-13-10-20(15-23(22)26)24(29)14-7-18-6-5-17(2)27-16-18/h5-6,8-13,15-16H,4,7,14H2,1-3H3. The number of Topliss-reactive ketones (excluding diaryl/α,β-unsaturated/α-hetero) is 1. The fourth-order valence-electron chi connectivity index (χ4n) is 3.22. The molecule has 0 bridgehead atoms. The van der Waals surface area contributed by atoms with E-state index in [1.807, 2.05) is 68.6 Å². The second-order valence-corrected chi connectivity index (χ2v) is 7.69.